The van der Waals surface area contributed by atoms with Gasteiger partial charge in [0.1, 0.15) is 5.75 Å². The topological polar surface area (TPSA) is 9.23 Å². The summed E-state index contributed by atoms with van der Waals surface area (Å²) in [4.78, 5) is 0. The molecule has 0 N–H and O–H groups in total. The first-order valence-electron chi connectivity index (χ1n) is 4.16. The lowest BCUT2D eigenvalue weighted by Crippen LogP contribution is -1.90. The Balaban J connectivity index is 2.60. The molecule has 1 aliphatic rings. The molecule has 0 aromatic heterocycles. The number of hydrogen-bond acceptors (Lipinski definition) is 1. The van der Waals surface area contributed by atoms with Crippen LogP contribution in [0.25, 0.3) is 5.57 Å². The maximum Gasteiger partial charge on any atom is 0.126 e. The fraction of sp³-hybridized carbons (Fsp3) is 0.273. The first kappa shape index (κ1) is 7.41. The third-order valence-electron chi connectivity index (χ3n) is 2.35. The summed E-state index contributed by atoms with van der Waals surface area (Å²) in [5.74, 6) is 0.999. The van der Waals surface area contributed by atoms with E-state index in [1.807, 2.05) is 12.1 Å². The van der Waals surface area contributed by atoms with Crippen molar-refractivity contribution in [2.75, 3.05) is 7.11 Å². The average molecular weight is 160 g/mol. The van der Waals surface area contributed by atoms with E-state index in [-0.39, 0.29) is 0 Å². The molecule has 0 bridgehead atoms. The van der Waals surface area contributed by atoms with Crippen molar-refractivity contribution in [3.63, 3.8) is 0 Å². The predicted molar refractivity (Wildman–Crippen MR) is 50.3 cm³/mol. The quantitative estimate of drug-likeness (QED) is 0.613. The number of rotatable bonds is 1. The van der Waals surface area contributed by atoms with Crippen LogP contribution in [0.1, 0.15) is 18.1 Å². The Kier molecular flexibility index (Phi) is 1.65. The summed E-state index contributed by atoms with van der Waals surface area (Å²) in [7, 11) is 1.72. The molecule has 0 saturated heterocycles. The molecule has 0 radical (unpaired) electrons. The highest BCUT2D eigenvalue weighted by molar-refractivity contribution is 5.76. The maximum absolute atomic E-state index is 5.29. The monoisotopic (exact) mass is 160 g/mol. The number of ether oxygens (including phenoxy) is 1. The van der Waals surface area contributed by atoms with Crippen LogP contribution in [-0.4, -0.2) is 7.11 Å². The van der Waals surface area contributed by atoms with Gasteiger partial charge < -0.3 is 4.74 Å². The Hall–Kier alpha value is -1.24. The standard InChI is InChI=1S/C11H12O/c1-8-6-7-9-4-3-5-10(12-2)11(8)9/h3-6H,7H2,1-2H3. The summed E-state index contributed by atoms with van der Waals surface area (Å²) in [6.45, 7) is 2.13. The number of methoxy groups -OCH3 is 1. The zero-order chi connectivity index (χ0) is 8.55. The number of allylic oxidation sites excluding steroid dienone is 2. The van der Waals surface area contributed by atoms with Crippen molar-refractivity contribution < 1.29 is 4.74 Å². The summed E-state index contributed by atoms with van der Waals surface area (Å²) in [6.07, 6.45) is 3.30. The van der Waals surface area contributed by atoms with Crippen LogP contribution in [0.5, 0.6) is 5.75 Å². The van der Waals surface area contributed by atoms with E-state index in [4.69, 9.17) is 4.74 Å². The lowest BCUT2D eigenvalue weighted by molar-refractivity contribution is 0.413. The molecule has 2 rings (SSSR count). The van der Waals surface area contributed by atoms with Crippen LogP contribution >= 0.6 is 0 Å². The fourth-order valence-corrected chi connectivity index (χ4v) is 1.73. The van der Waals surface area contributed by atoms with Crippen molar-refractivity contribution in [2.45, 2.75) is 13.3 Å². The third kappa shape index (κ3) is 0.934. The van der Waals surface area contributed by atoms with Gasteiger partial charge in [0.25, 0.3) is 0 Å². The van der Waals surface area contributed by atoms with Gasteiger partial charge in [-0.1, -0.05) is 18.2 Å². The molecule has 0 unspecified atom stereocenters. The molecule has 0 amide bonds. The molecule has 0 atom stereocenters. The van der Waals surface area contributed by atoms with Crippen LogP contribution in [0.2, 0.25) is 0 Å². The molecule has 0 fully saturated rings. The Bertz CT molecular complexity index is 337. The largest absolute Gasteiger partial charge is 0.496 e. The smallest absolute Gasteiger partial charge is 0.126 e. The molecule has 0 saturated carbocycles. The minimum Gasteiger partial charge on any atom is -0.496 e. The normalized spacial score (nSPS) is 14.0. The van der Waals surface area contributed by atoms with Crippen LogP contribution in [-0.2, 0) is 6.42 Å². The van der Waals surface area contributed by atoms with Gasteiger partial charge in [-0.05, 0) is 30.5 Å². The van der Waals surface area contributed by atoms with Gasteiger partial charge in [-0.15, -0.1) is 0 Å². The number of benzene rings is 1. The van der Waals surface area contributed by atoms with E-state index in [0.717, 1.165) is 12.2 Å². The summed E-state index contributed by atoms with van der Waals surface area (Å²) >= 11 is 0. The minimum atomic E-state index is 0.999. The van der Waals surface area contributed by atoms with Crippen molar-refractivity contribution in [1.29, 1.82) is 0 Å². The first-order chi connectivity index (χ1) is 5.83. The summed E-state index contributed by atoms with van der Waals surface area (Å²) < 4.78 is 5.29. The molecule has 12 heavy (non-hydrogen) atoms. The Morgan fingerprint density at radius 2 is 2.17 bits per heavy atom. The number of hydrogen-bond donors (Lipinski definition) is 0. The molecule has 1 aromatic carbocycles. The number of fused-ring (bicyclic) bond motifs is 1. The van der Waals surface area contributed by atoms with E-state index in [0.29, 0.717) is 0 Å². The highest BCUT2D eigenvalue weighted by Crippen LogP contribution is 2.34. The highest BCUT2D eigenvalue weighted by atomic mass is 16.5. The highest BCUT2D eigenvalue weighted by Gasteiger charge is 2.14. The predicted octanol–water partition coefficient (Wildman–Crippen LogP) is 2.65. The van der Waals surface area contributed by atoms with Gasteiger partial charge in [-0.25, -0.2) is 0 Å². The summed E-state index contributed by atoms with van der Waals surface area (Å²) in [5.41, 5.74) is 4.01. The van der Waals surface area contributed by atoms with Gasteiger partial charge in [0, 0.05) is 5.56 Å². The zero-order valence-electron chi connectivity index (χ0n) is 7.42. The second-order valence-electron chi connectivity index (χ2n) is 3.09. The van der Waals surface area contributed by atoms with Crippen molar-refractivity contribution in [1.82, 2.24) is 0 Å². The Morgan fingerprint density at radius 3 is 2.92 bits per heavy atom. The third-order valence-corrected chi connectivity index (χ3v) is 2.35. The van der Waals surface area contributed by atoms with Gasteiger partial charge in [0.2, 0.25) is 0 Å². The van der Waals surface area contributed by atoms with Gasteiger partial charge in [-0.2, -0.15) is 0 Å². The SMILES string of the molecule is COc1cccc2c1C(C)=CC2. The lowest BCUT2D eigenvalue weighted by Gasteiger charge is -2.07. The van der Waals surface area contributed by atoms with Crippen molar-refractivity contribution in [3.05, 3.63) is 35.4 Å². The molecular formula is C11H12O. The van der Waals surface area contributed by atoms with Gasteiger partial charge in [-0.3, -0.25) is 0 Å². The molecule has 0 aliphatic heterocycles. The molecule has 0 spiro atoms. The molecular weight excluding hydrogens is 148 g/mol. The Labute approximate surface area is 72.7 Å². The second-order valence-corrected chi connectivity index (χ2v) is 3.09. The Morgan fingerprint density at radius 1 is 1.33 bits per heavy atom. The minimum absolute atomic E-state index is 0.999. The van der Waals surface area contributed by atoms with Crippen LogP contribution in [0, 0.1) is 0 Å². The molecule has 1 nitrogen and oxygen atoms in total. The van der Waals surface area contributed by atoms with Gasteiger partial charge >= 0.3 is 0 Å². The fourth-order valence-electron chi connectivity index (χ4n) is 1.73. The summed E-state index contributed by atoms with van der Waals surface area (Å²) in [6, 6.07) is 6.22. The molecule has 1 heteroatoms. The van der Waals surface area contributed by atoms with E-state index >= 15 is 0 Å². The van der Waals surface area contributed by atoms with Crippen LogP contribution in [0.3, 0.4) is 0 Å². The van der Waals surface area contributed by atoms with Crippen molar-refractivity contribution in [2.24, 2.45) is 0 Å². The van der Waals surface area contributed by atoms with Crippen LogP contribution in [0.15, 0.2) is 24.3 Å². The first-order valence-corrected chi connectivity index (χ1v) is 4.16. The maximum atomic E-state index is 5.29. The second kappa shape index (κ2) is 2.67. The van der Waals surface area contributed by atoms with E-state index < -0.39 is 0 Å². The van der Waals surface area contributed by atoms with Crippen molar-refractivity contribution >= 4 is 5.57 Å². The van der Waals surface area contributed by atoms with E-state index in [2.05, 4.69) is 19.1 Å². The van der Waals surface area contributed by atoms with E-state index in [9.17, 15) is 0 Å². The van der Waals surface area contributed by atoms with Gasteiger partial charge in [0.05, 0.1) is 7.11 Å². The van der Waals surface area contributed by atoms with Crippen LogP contribution < -0.4 is 4.74 Å². The average Bonchev–Trinajstić information content (AvgIpc) is 2.48. The van der Waals surface area contributed by atoms with Crippen LogP contribution in [0.4, 0.5) is 0 Å². The molecule has 0 heterocycles. The lowest BCUT2D eigenvalue weighted by atomic mass is 10.1. The van der Waals surface area contributed by atoms with E-state index in [1.165, 1.54) is 16.7 Å². The van der Waals surface area contributed by atoms with Gasteiger partial charge in [0.15, 0.2) is 0 Å². The summed E-state index contributed by atoms with van der Waals surface area (Å²) in [5, 5.41) is 0. The molecule has 1 aliphatic carbocycles. The molecule has 1 aromatic rings. The van der Waals surface area contributed by atoms with Crippen molar-refractivity contribution in [3.8, 4) is 5.75 Å². The zero-order valence-corrected chi connectivity index (χ0v) is 7.42. The molecule has 62 valence electrons. The van der Waals surface area contributed by atoms with E-state index in [1.54, 1.807) is 7.11 Å².